The van der Waals surface area contributed by atoms with E-state index in [1.165, 1.54) is 0 Å². The highest BCUT2D eigenvalue weighted by molar-refractivity contribution is 6.03. The lowest BCUT2D eigenvalue weighted by Crippen LogP contribution is -2.58. The van der Waals surface area contributed by atoms with E-state index in [0.29, 0.717) is 43.4 Å². The average Bonchev–Trinajstić information content (AvgIpc) is 3.36. The molecule has 7 amide bonds. The molecule has 1 aliphatic heterocycles. The normalized spacial score (nSPS) is 16.0. The topological polar surface area (TPSA) is 218 Å². The first kappa shape index (κ1) is 46.4. The third kappa shape index (κ3) is 17.1. The lowest BCUT2D eigenvalue weighted by Gasteiger charge is -2.30. The van der Waals surface area contributed by atoms with E-state index in [-0.39, 0.29) is 75.9 Å². The summed E-state index contributed by atoms with van der Waals surface area (Å²) in [6, 6.07) is 0.945. The number of carbonyl (C=O) groups is 7. The maximum atomic E-state index is 14.2. The Morgan fingerprint density at radius 3 is 2.18 bits per heavy atom. The molecule has 0 aliphatic carbocycles. The fourth-order valence-electron chi connectivity index (χ4n) is 5.82. The van der Waals surface area contributed by atoms with Crippen LogP contribution >= 0.6 is 0 Å². The maximum Gasteiger partial charge on any atom is 0.407 e. The lowest BCUT2D eigenvalue weighted by atomic mass is 9.99. The minimum atomic E-state index is -4.70. The minimum absolute atomic E-state index is 0.0137. The number of nitrogens with two attached hydrogens (primary N) is 1. The van der Waals surface area contributed by atoms with Crippen LogP contribution in [0.25, 0.3) is 0 Å². The molecule has 0 bridgehead atoms. The van der Waals surface area contributed by atoms with Gasteiger partial charge in [0.25, 0.3) is 0 Å². The van der Waals surface area contributed by atoms with Gasteiger partial charge in [-0.05, 0) is 55.7 Å². The fraction of sp³-hybridized carbons (Fsp3) is 0.649. The highest BCUT2D eigenvalue weighted by Gasteiger charge is 2.42. The van der Waals surface area contributed by atoms with Crippen molar-refractivity contribution in [2.75, 3.05) is 25.0 Å². The van der Waals surface area contributed by atoms with Gasteiger partial charge in [0, 0.05) is 50.5 Å². The van der Waals surface area contributed by atoms with Crippen molar-refractivity contribution in [2.45, 2.75) is 123 Å². The molecule has 0 radical (unpaired) electrons. The van der Waals surface area contributed by atoms with Crippen molar-refractivity contribution < 1.29 is 51.5 Å². The van der Waals surface area contributed by atoms with Gasteiger partial charge in [-0.1, -0.05) is 52.7 Å². The monoisotopic (exact) mass is 783 g/mol. The van der Waals surface area contributed by atoms with Crippen LogP contribution in [-0.2, 0) is 35.3 Å². The number of alkyl carbamates (subject to hydrolysis) is 1. The van der Waals surface area contributed by atoms with Crippen molar-refractivity contribution in [3.05, 3.63) is 29.8 Å². The van der Waals surface area contributed by atoms with E-state index in [1.807, 2.05) is 0 Å². The molecule has 7 N–H and O–H groups in total. The molecule has 1 aromatic carbocycles. The Hall–Kier alpha value is -4.74. The van der Waals surface area contributed by atoms with E-state index >= 15 is 0 Å². The molecule has 1 heterocycles. The van der Waals surface area contributed by atoms with Crippen molar-refractivity contribution in [3.63, 3.8) is 0 Å². The van der Waals surface area contributed by atoms with Gasteiger partial charge in [0.15, 0.2) is 0 Å². The van der Waals surface area contributed by atoms with Gasteiger partial charge in [-0.25, -0.2) is 9.59 Å². The summed E-state index contributed by atoms with van der Waals surface area (Å²) in [4.78, 5) is 86.7. The van der Waals surface area contributed by atoms with Crippen LogP contribution in [0.15, 0.2) is 24.3 Å². The van der Waals surface area contributed by atoms with Crippen LogP contribution in [0.5, 0.6) is 0 Å². The Morgan fingerprint density at radius 1 is 0.927 bits per heavy atom. The lowest BCUT2D eigenvalue weighted by molar-refractivity contribution is -0.161. The molecule has 0 spiro atoms. The summed E-state index contributed by atoms with van der Waals surface area (Å²) in [7, 11) is 0. The number of imide groups is 1. The number of hydrogen-bond acceptors (Lipinski definition) is 9. The highest BCUT2D eigenvalue weighted by atomic mass is 19.4. The number of ketones is 1. The second-order valence-corrected chi connectivity index (χ2v) is 14.0. The van der Waals surface area contributed by atoms with Crippen molar-refractivity contribution in [2.24, 2.45) is 17.6 Å². The molecule has 4 atom stereocenters. The van der Waals surface area contributed by atoms with E-state index < -0.39 is 60.1 Å². The fourth-order valence-corrected chi connectivity index (χ4v) is 5.82. The third-order valence-corrected chi connectivity index (χ3v) is 9.06. The molecule has 1 aliphatic rings. The first-order valence-electron chi connectivity index (χ1n) is 18.8. The Labute approximate surface area is 319 Å². The smallest absolute Gasteiger partial charge is 0.407 e. The number of halogens is 3. The van der Waals surface area contributed by atoms with E-state index in [4.69, 9.17) is 10.5 Å². The largest absolute Gasteiger partial charge is 0.445 e. The van der Waals surface area contributed by atoms with Gasteiger partial charge in [-0.3, -0.25) is 34.2 Å². The molecule has 2 rings (SSSR count). The van der Waals surface area contributed by atoms with Crippen LogP contribution in [0.3, 0.4) is 0 Å². The molecule has 4 unspecified atom stereocenters. The van der Waals surface area contributed by atoms with Gasteiger partial charge in [0.05, 0.1) is 6.04 Å². The number of nitrogens with one attached hydrogen (secondary N) is 5. The summed E-state index contributed by atoms with van der Waals surface area (Å²) < 4.78 is 47.7. The van der Waals surface area contributed by atoms with Crippen molar-refractivity contribution in [3.8, 4) is 0 Å². The predicted octanol–water partition coefficient (Wildman–Crippen LogP) is 4.04. The second-order valence-electron chi connectivity index (χ2n) is 14.0. The predicted molar refractivity (Wildman–Crippen MR) is 197 cm³/mol. The standard InChI is InChI=1S/C37H56F3N7O8/c1-5-27(48)11-9-19-43-36(54)55-22-25-14-16-26(17-15-25)44-32(50)28(12-10-18-42-35(41)53)45-33(51)31(23(2)3)46-29(37(38,39)40)13-7-6-8-20-47-30(49)21-24(4)34(47)52/h14-17,23-24,28-29,31,46H,5-13,18-22H2,1-4H3,(H,43,54)(H,44,50)(H,45,51)(H3,41,42,53). The van der Waals surface area contributed by atoms with Crippen LogP contribution in [0.2, 0.25) is 0 Å². The van der Waals surface area contributed by atoms with E-state index in [0.717, 1.165) is 4.90 Å². The first-order valence-corrected chi connectivity index (χ1v) is 18.8. The number of amides is 7. The van der Waals surface area contributed by atoms with Gasteiger partial charge in [-0.2, -0.15) is 13.2 Å². The van der Waals surface area contributed by atoms with Crippen LogP contribution < -0.4 is 32.3 Å². The number of ether oxygens (including phenoxy) is 1. The minimum Gasteiger partial charge on any atom is -0.445 e. The SMILES string of the molecule is CCC(=O)CCCNC(=O)OCc1ccc(NC(=O)C(CCCNC(N)=O)NC(=O)C(NC(CCCCCN2C(=O)CC(C)C2=O)C(F)(F)F)C(C)C)cc1. The molecule has 18 heteroatoms. The number of unbranched alkanes of at least 4 members (excludes halogenated alkanes) is 2. The summed E-state index contributed by atoms with van der Waals surface area (Å²) in [5, 5.41) is 12.7. The van der Waals surface area contributed by atoms with E-state index in [2.05, 4.69) is 26.6 Å². The van der Waals surface area contributed by atoms with Crippen LogP contribution in [0.4, 0.5) is 28.4 Å². The zero-order valence-corrected chi connectivity index (χ0v) is 32.0. The second kappa shape index (κ2) is 23.2. The quantitative estimate of drug-likeness (QED) is 0.0658. The van der Waals surface area contributed by atoms with Crippen molar-refractivity contribution >= 4 is 47.2 Å². The molecule has 308 valence electrons. The molecular weight excluding hydrogens is 727 g/mol. The molecule has 1 fully saturated rings. The number of alkyl halides is 3. The molecule has 15 nitrogen and oxygen atoms in total. The number of likely N-dealkylation sites (tertiary alicyclic amines) is 1. The Morgan fingerprint density at radius 2 is 1.60 bits per heavy atom. The van der Waals surface area contributed by atoms with Crippen LogP contribution in [0, 0.1) is 11.8 Å². The highest BCUT2D eigenvalue weighted by Crippen LogP contribution is 2.26. The number of carbonyl (C=O) groups excluding carboxylic acids is 7. The average molecular weight is 784 g/mol. The van der Waals surface area contributed by atoms with Gasteiger partial charge in [-0.15, -0.1) is 0 Å². The molecule has 1 aromatic rings. The summed E-state index contributed by atoms with van der Waals surface area (Å²) in [5.74, 6) is -2.95. The zero-order valence-electron chi connectivity index (χ0n) is 32.0. The first-order chi connectivity index (χ1) is 25.9. The Bertz CT molecular complexity index is 1460. The summed E-state index contributed by atoms with van der Waals surface area (Å²) in [6.45, 7) is 7.02. The molecule has 0 aromatic heterocycles. The Balaban J connectivity index is 2.01. The molecule has 55 heavy (non-hydrogen) atoms. The number of urea groups is 1. The number of hydrogen-bond donors (Lipinski definition) is 6. The van der Waals surface area contributed by atoms with Gasteiger partial charge >= 0.3 is 18.3 Å². The summed E-state index contributed by atoms with van der Waals surface area (Å²) in [6.07, 6.45) is -3.27. The van der Waals surface area contributed by atoms with Gasteiger partial charge in [0.1, 0.15) is 24.5 Å². The van der Waals surface area contributed by atoms with E-state index in [9.17, 15) is 46.7 Å². The summed E-state index contributed by atoms with van der Waals surface area (Å²) in [5.41, 5.74) is 6.06. The van der Waals surface area contributed by atoms with Gasteiger partial charge in [0.2, 0.25) is 23.6 Å². The van der Waals surface area contributed by atoms with Crippen molar-refractivity contribution in [1.82, 2.24) is 26.2 Å². The van der Waals surface area contributed by atoms with Crippen LogP contribution in [-0.4, -0.2) is 90.4 Å². The number of anilines is 1. The number of benzene rings is 1. The van der Waals surface area contributed by atoms with Crippen LogP contribution in [0.1, 0.15) is 97.5 Å². The number of rotatable bonds is 24. The van der Waals surface area contributed by atoms with E-state index in [1.54, 1.807) is 52.0 Å². The maximum absolute atomic E-state index is 14.2. The molecule has 1 saturated heterocycles. The molecular formula is C37H56F3N7O8. The number of nitrogens with zero attached hydrogens (tertiary/aromatic N) is 1. The number of primary amides is 1. The van der Waals surface area contributed by atoms with Gasteiger partial charge < -0.3 is 31.7 Å². The van der Waals surface area contributed by atoms with Crippen molar-refractivity contribution in [1.29, 1.82) is 0 Å². The Kier molecular flexibility index (Phi) is 19.6. The molecule has 0 saturated carbocycles. The number of Topliss-reactive ketones (excluding diaryl/α,β-unsaturated/α-hetero) is 1. The third-order valence-electron chi connectivity index (χ3n) is 9.06. The summed E-state index contributed by atoms with van der Waals surface area (Å²) >= 11 is 0. The zero-order chi connectivity index (χ0) is 41.1.